The maximum Gasteiger partial charge on any atom is 0.269 e. The number of ether oxygens (including phenoxy) is 1. The van der Waals surface area contributed by atoms with E-state index in [-0.39, 0.29) is 5.69 Å². The van der Waals surface area contributed by atoms with Crippen LogP contribution in [0.15, 0.2) is 53.6 Å². The molecule has 2 rings (SSSR count). The summed E-state index contributed by atoms with van der Waals surface area (Å²) in [6.07, 6.45) is 0. The van der Waals surface area contributed by atoms with Crippen molar-refractivity contribution in [1.82, 2.24) is 5.43 Å². The van der Waals surface area contributed by atoms with Crippen LogP contribution in [0.3, 0.4) is 0 Å². The van der Waals surface area contributed by atoms with Gasteiger partial charge in [-0.05, 0) is 49.0 Å². The van der Waals surface area contributed by atoms with Gasteiger partial charge in [-0.1, -0.05) is 12.1 Å². The summed E-state index contributed by atoms with van der Waals surface area (Å²) in [4.78, 5) is 10.2. The van der Waals surface area contributed by atoms with E-state index in [9.17, 15) is 10.1 Å². The van der Waals surface area contributed by atoms with Gasteiger partial charge in [0, 0.05) is 12.1 Å². The lowest BCUT2D eigenvalue weighted by molar-refractivity contribution is -0.384. The van der Waals surface area contributed by atoms with E-state index in [1.54, 1.807) is 26.2 Å². The summed E-state index contributed by atoms with van der Waals surface area (Å²) < 4.78 is 5.23. The number of nitrogens with zero attached hydrogens (tertiary/aromatic N) is 2. The van der Waals surface area contributed by atoms with Gasteiger partial charge in [-0.2, -0.15) is 5.10 Å². The average Bonchev–Trinajstić information content (AvgIpc) is 2.60. The minimum absolute atomic E-state index is 0.0351. The van der Waals surface area contributed by atoms with Crippen molar-refractivity contribution in [1.29, 1.82) is 0 Å². The maximum atomic E-state index is 10.7. The van der Waals surface area contributed by atoms with Gasteiger partial charge in [-0.15, -0.1) is 0 Å². The van der Waals surface area contributed by atoms with Gasteiger partial charge in [-0.3, -0.25) is 15.5 Å². The molecule has 124 valence electrons. The molecule has 7 nitrogen and oxygen atoms in total. The van der Waals surface area contributed by atoms with Crippen molar-refractivity contribution in [2.45, 2.75) is 6.92 Å². The van der Waals surface area contributed by atoms with Crippen LogP contribution in [0.1, 0.15) is 12.5 Å². The number of hydrogen-bond acceptors (Lipinski definition) is 5. The van der Waals surface area contributed by atoms with Gasteiger partial charge in [-0.25, -0.2) is 0 Å². The number of para-hydroxylation sites is 2. The molecule has 0 aliphatic heterocycles. The van der Waals surface area contributed by atoms with Gasteiger partial charge in [0.05, 0.1) is 23.4 Å². The molecule has 0 atom stereocenters. The number of methoxy groups -OCH3 is 1. The number of benzene rings is 2. The van der Waals surface area contributed by atoms with Crippen molar-refractivity contribution in [2.75, 3.05) is 12.4 Å². The third-order valence-electron chi connectivity index (χ3n) is 3.18. The first-order chi connectivity index (χ1) is 11.5. The molecule has 0 aliphatic carbocycles. The van der Waals surface area contributed by atoms with Crippen LogP contribution in [0, 0.1) is 10.1 Å². The minimum atomic E-state index is -0.444. The molecule has 0 radical (unpaired) electrons. The number of nitro benzene ring substituents is 1. The largest absolute Gasteiger partial charge is 0.495 e. The van der Waals surface area contributed by atoms with Crippen molar-refractivity contribution in [3.8, 4) is 5.75 Å². The Morgan fingerprint density at radius 1 is 1.21 bits per heavy atom. The molecular weight excluding hydrogens is 328 g/mol. The predicted octanol–water partition coefficient (Wildman–Crippen LogP) is 3.31. The number of thiocarbonyl (C=S) groups is 1. The molecule has 0 fully saturated rings. The van der Waals surface area contributed by atoms with Gasteiger partial charge < -0.3 is 10.1 Å². The number of non-ortho nitro benzene ring substituents is 1. The monoisotopic (exact) mass is 344 g/mol. The van der Waals surface area contributed by atoms with Crippen molar-refractivity contribution in [3.63, 3.8) is 0 Å². The topological polar surface area (TPSA) is 88.8 Å². The first-order valence-corrected chi connectivity index (χ1v) is 7.41. The van der Waals surface area contributed by atoms with Crippen LogP contribution < -0.4 is 15.5 Å². The van der Waals surface area contributed by atoms with Crippen LogP contribution in [0.5, 0.6) is 5.75 Å². The van der Waals surface area contributed by atoms with Crippen LogP contribution in [0.25, 0.3) is 0 Å². The van der Waals surface area contributed by atoms with Crippen molar-refractivity contribution in [2.24, 2.45) is 5.10 Å². The average molecular weight is 344 g/mol. The molecule has 0 unspecified atom stereocenters. The zero-order valence-electron chi connectivity index (χ0n) is 13.1. The molecule has 2 N–H and O–H groups in total. The molecule has 0 saturated heterocycles. The highest BCUT2D eigenvalue weighted by atomic mass is 32.1. The Morgan fingerprint density at radius 2 is 1.88 bits per heavy atom. The molecule has 0 amide bonds. The summed E-state index contributed by atoms with van der Waals surface area (Å²) in [7, 11) is 1.58. The van der Waals surface area contributed by atoms with Crippen LogP contribution in [0.2, 0.25) is 0 Å². The third kappa shape index (κ3) is 4.50. The fourth-order valence-corrected chi connectivity index (χ4v) is 2.08. The Hall–Kier alpha value is -3.00. The van der Waals surface area contributed by atoms with E-state index in [2.05, 4.69) is 15.8 Å². The SMILES string of the molecule is COc1ccccc1NC(=S)NN=C(C)c1ccc([N+](=O)[O-])cc1. The second-order valence-corrected chi connectivity index (χ2v) is 5.18. The van der Waals surface area contributed by atoms with Gasteiger partial charge in [0.1, 0.15) is 5.75 Å². The van der Waals surface area contributed by atoms with Crippen molar-refractivity contribution in [3.05, 3.63) is 64.2 Å². The van der Waals surface area contributed by atoms with E-state index in [4.69, 9.17) is 17.0 Å². The Bertz CT molecular complexity index is 775. The second-order valence-electron chi connectivity index (χ2n) is 4.77. The van der Waals surface area contributed by atoms with Gasteiger partial charge in [0.2, 0.25) is 0 Å². The lowest BCUT2D eigenvalue weighted by atomic mass is 10.1. The molecule has 0 saturated carbocycles. The Balaban J connectivity index is 2.01. The van der Waals surface area contributed by atoms with Gasteiger partial charge >= 0.3 is 0 Å². The number of anilines is 1. The molecule has 2 aromatic rings. The molecule has 8 heteroatoms. The Kier molecular flexibility index (Phi) is 5.80. The minimum Gasteiger partial charge on any atom is -0.495 e. The number of nitro groups is 1. The second kappa shape index (κ2) is 8.02. The van der Waals surface area contributed by atoms with Crippen LogP contribution in [0.4, 0.5) is 11.4 Å². The lowest BCUT2D eigenvalue weighted by Gasteiger charge is -2.11. The zero-order valence-corrected chi connectivity index (χ0v) is 14.0. The van der Waals surface area contributed by atoms with E-state index < -0.39 is 4.92 Å². The van der Waals surface area contributed by atoms with E-state index in [1.807, 2.05) is 24.3 Å². The Labute approximate surface area is 144 Å². The summed E-state index contributed by atoms with van der Waals surface area (Å²) in [6.45, 7) is 1.78. The molecule has 24 heavy (non-hydrogen) atoms. The standard InChI is InChI=1S/C16H16N4O3S/c1-11(12-7-9-13(10-8-12)20(21)22)18-19-16(24)17-14-5-3-4-6-15(14)23-2/h3-10H,1-2H3,(H2,17,19,24). The molecule has 0 bridgehead atoms. The van der Waals surface area contributed by atoms with E-state index in [0.29, 0.717) is 16.6 Å². The molecule has 2 aromatic carbocycles. The summed E-state index contributed by atoms with van der Waals surface area (Å²) in [5, 5.41) is 18.1. The highest BCUT2D eigenvalue weighted by molar-refractivity contribution is 7.80. The first-order valence-electron chi connectivity index (χ1n) is 7.00. The summed E-state index contributed by atoms with van der Waals surface area (Å²) >= 11 is 5.19. The van der Waals surface area contributed by atoms with E-state index in [0.717, 1.165) is 11.3 Å². The van der Waals surface area contributed by atoms with Crippen LogP contribution in [-0.4, -0.2) is 22.9 Å². The number of nitrogens with one attached hydrogen (secondary N) is 2. The quantitative estimate of drug-likeness (QED) is 0.374. The first kappa shape index (κ1) is 17.4. The van der Waals surface area contributed by atoms with Crippen LogP contribution >= 0.6 is 12.2 Å². The third-order valence-corrected chi connectivity index (χ3v) is 3.37. The maximum absolute atomic E-state index is 10.7. The van der Waals surface area contributed by atoms with Crippen molar-refractivity contribution < 1.29 is 9.66 Å². The number of hydrogen-bond donors (Lipinski definition) is 2. The Morgan fingerprint density at radius 3 is 2.50 bits per heavy atom. The molecule has 0 heterocycles. The number of hydrazone groups is 1. The summed E-state index contributed by atoms with van der Waals surface area (Å²) in [5.74, 6) is 0.665. The fourth-order valence-electron chi connectivity index (χ4n) is 1.92. The smallest absolute Gasteiger partial charge is 0.269 e. The molecule has 0 aliphatic rings. The van der Waals surface area contributed by atoms with Crippen LogP contribution in [-0.2, 0) is 0 Å². The highest BCUT2D eigenvalue weighted by Gasteiger charge is 2.06. The fraction of sp³-hybridized carbons (Fsp3) is 0.125. The number of rotatable bonds is 5. The lowest BCUT2D eigenvalue weighted by Crippen LogP contribution is -2.25. The summed E-state index contributed by atoms with van der Waals surface area (Å²) in [6, 6.07) is 13.5. The van der Waals surface area contributed by atoms with Crippen molar-refractivity contribution >= 4 is 34.4 Å². The summed E-state index contributed by atoms with van der Waals surface area (Å²) in [5.41, 5.74) is 4.90. The normalized spacial score (nSPS) is 10.8. The molecule has 0 aromatic heterocycles. The van der Waals surface area contributed by atoms with E-state index in [1.165, 1.54) is 12.1 Å². The molecule has 0 spiro atoms. The predicted molar refractivity (Wildman–Crippen MR) is 97.7 cm³/mol. The zero-order chi connectivity index (χ0) is 17.5. The highest BCUT2D eigenvalue weighted by Crippen LogP contribution is 2.22. The van der Waals surface area contributed by atoms with Gasteiger partial charge in [0.25, 0.3) is 5.69 Å². The molecular formula is C16H16N4O3S. The van der Waals surface area contributed by atoms with E-state index >= 15 is 0 Å². The van der Waals surface area contributed by atoms with Gasteiger partial charge in [0.15, 0.2) is 5.11 Å².